The van der Waals surface area contributed by atoms with E-state index in [1.54, 1.807) is 42.1 Å². The van der Waals surface area contributed by atoms with Crippen molar-refractivity contribution in [3.05, 3.63) is 114 Å². The van der Waals surface area contributed by atoms with E-state index in [2.05, 4.69) is 4.90 Å². The smallest absolute Gasteiger partial charge is 0.356 e. The number of thioether (sulfide) groups is 1. The summed E-state index contributed by atoms with van der Waals surface area (Å²) in [5, 5.41) is 22.0. The molecule has 4 aromatic rings. The molecular formula is C30H29FNO5PS2. The highest BCUT2D eigenvalue weighted by molar-refractivity contribution is 8.11. The second-order valence-electron chi connectivity index (χ2n) is 9.70. The molecule has 1 saturated heterocycles. The summed E-state index contributed by atoms with van der Waals surface area (Å²) in [5.41, 5.74) is 3.75. The minimum absolute atomic E-state index is 0.0166. The number of nitrogens with zero attached hydrogens (tertiary/aromatic N) is 1. The van der Waals surface area contributed by atoms with Crippen LogP contribution in [0.5, 0.6) is 5.75 Å². The van der Waals surface area contributed by atoms with E-state index >= 15 is 0 Å². The average molecular weight is 598 g/mol. The van der Waals surface area contributed by atoms with Gasteiger partial charge in [-0.25, -0.2) is 4.39 Å². The highest BCUT2D eigenvalue weighted by Gasteiger charge is 2.42. The first-order valence-electron chi connectivity index (χ1n) is 12.7. The Hall–Kier alpha value is -2.78. The predicted molar refractivity (Wildman–Crippen MR) is 162 cm³/mol. The van der Waals surface area contributed by atoms with E-state index in [0.717, 1.165) is 5.69 Å². The molecule has 0 aliphatic carbocycles. The number of aliphatic hydroxyl groups is 1. The highest BCUT2D eigenvalue weighted by Crippen LogP contribution is 2.52. The van der Waals surface area contributed by atoms with Gasteiger partial charge in [-0.05, 0) is 72.0 Å². The van der Waals surface area contributed by atoms with Gasteiger partial charge in [-0.15, -0.1) is 24.4 Å². The van der Waals surface area contributed by atoms with E-state index in [9.17, 15) is 29.0 Å². The number of thiol groups is 1. The Morgan fingerprint density at radius 1 is 0.925 bits per heavy atom. The van der Waals surface area contributed by atoms with Crippen LogP contribution in [0.3, 0.4) is 0 Å². The van der Waals surface area contributed by atoms with E-state index in [4.69, 9.17) is 12.6 Å². The molecule has 0 saturated carbocycles. The average Bonchev–Trinajstić information content (AvgIpc) is 3.27. The van der Waals surface area contributed by atoms with Crippen LogP contribution in [0, 0.1) is 5.82 Å². The molecule has 1 aliphatic rings. The van der Waals surface area contributed by atoms with Gasteiger partial charge in [-0.2, -0.15) is 0 Å². The van der Waals surface area contributed by atoms with E-state index in [1.807, 2.05) is 42.5 Å². The fourth-order valence-electron chi connectivity index (χ4n) is 5.07. The lowest BCUT2D eigenvalue weighted by atomic mass is 9.93. The van der Waals surface area contributed by atoms with Crippen molar-refractivity contribution in [2.24, 2.45) is 0 Å². The van der Waals surface area contributed by atoms with Crippen molar-refractivity contribution in [3.8, 4) is 16.9 Å². The number of phenols is 1. The van der Waals surface area contributed by atoms with Crippen LogP contribution >= 0.6 is 32.0 Å². The first-order chi connectivity index (χ1) is 19.1. The molecule has 208 valence electrons. The molecule has 4 N–H and O–H groups in total. The number of hydrogen-bond donors (Lipinski definition) is 5. The van der Waals surface area contributed by atoms with Crippen LogP contribution < -0.4 is 10.2 Å². The number of benzene rings is 4. The molecule has 4 unspecified atom stereocenters. The number of aromatic hydroxyl groups is 1. The molecule has 4 aromatic carbocycles. The number of aliphatic hydroxyl groups excluding tert-OH is 1. The largest absolute Gasteiger partial charge is 0.508 e. The third-order valence-corrected chi connectivity index (χ3v) is 10.0. The van der Waals surface area contributed by atoms with Crippen molar-refractivity contribution in [1.82, 2.24) is 0 Å². The Kier molecular flexibility index (Phi) is 8.61. The number of rotatable bonds is 8. The molecule has 4 atom stereocenters. The molecule has 10 heteroatoms. The fraction of sp³-hybridized carbons (Fsp3) is 0.200. The molecule has 5 rings (SSSR count). The standard InChI is InChI=1S/C30H29FNO5PS2/c31-22-11-6-20(7-12-22)26(33)16-17-28-29(32(30(39)40-28)23-4-2-1-3-5-23)25-15-10-21(18-27(25)34)19-8-13-24(14-9-19)38(35,36)37/h1-15,18,26,28-30,33-34,39H,16-17H2,(H2,35,36,37). The van der Waals surface area contributed by atoms with Gasteiger partial charge in [0.05, 0.1) is 17.5 Å². The summed E-state index contributed by atoms with van der Waals surface area (Å²) >= 11 is 6.54. The number of phenolic OH excluding ortho intramolecular Hbond substituents is 1. The predicted octanol–water partition coefficient (Wildman–Crippen LogP) is 6.39. The Balaban J connectivity index is 1.44. The minimum atomic E-state index is -4.35. The molecule has 0 radical (unpaired) electrons. The summed E-state index contributed by atoms with van der Waals surface area (Å²) in [6.07, 6.45) is 0.325. The van der Waals surface area contributed by atoms with Crippen LogP contribution in [0.25, 0.3) is 11.1 Å². The third kappa shape index (κ3) is 6.25. The monoisotopic (exact) mass is 597 g/mol. The SMILES string of the molecule is O=P(O)(O)c1ccc(-c2ccc(C3C(CCC(O)c4ccc(F)cc4)SC(S)N3c3ccccc3)c(O)c2)cc1. The zero-order valence-electron chi connectivity index (χ0n) is 21.3. The van der Waals surface area contributed by atoms with Crippen LogP contribution in [-0.4, -0.2) is 30.0 Å². The topological polar surface area (TPSA) is 101 Å². The second-order valence-corrected chi connectivity index (χ2v) is 13.5. The van der Waals surface area contributed by atoms with Gasteiger partial charge in [0.25, 0.3) is 0 Å². The lowest BCUT2D eigenvalue weighted by Gasteiger charge is -2.32. The van der Waals surface area contributed by atoms with Gasteiger partial charge >= 0.3 is 7.60 Å². The molecule has 0 spiro atoms. The number of halogens is 1. The second kappa shape index (κ2) is 12.0. The van der Waals surface area contributed by atoms with Crippen molar-refractivity contribution in [2.75, 3.05) is 4.90 Å². The van der Waals surface area contributed by atoms with Crippen molar-refractivity contribution >= 4 is 43.0 Å². The van der Waals surface area contributed by atoms with Gasteiger partial charge in [-0.3, -0.25) is 4.57 Å². The third-order valence-electron chi connectivity index (χ3n) is 7.11. The number of hydrogen-bond acceptors (Lipinski definition) is 6. The van der Waals surface area contributed by atoms with Crippen molar-refractivity contribution < 1.29 is 29.0 Å². The molecule has 1 aliphatic heterocycles. The molecule has 1 heterocycles. The minimum Gasteiger partial charge on any atom is -0.508 e. The fourth-order valence-corrected chi connectivity index (χ4v) is 7.75. The number of para-hydroxylation sites is 1. The summed E-state index contributed by atoms with van der Waals surface area (Å²) in [6.45, 7) is 0. The van der Waals surface area contributed by atoms with Gasteiger partial charge < -0.3 is 24.9 Å². The van der Waals surface area contributed by atoms with Crippen molar-refractivity contribution in [1.29, 1.82) is 0 Å². The maximum absolute atomic E-state index is 13.4. The lowest BCUT2D eigenvalue weighted by Crippen LogP contribution is -2.30. The first kappa shape index (κ1) is 28.7. The molecule has 1 fully saturated rings. The Morgan fingerprint density at radius 2 is 1.57 bits per heavy atom. The summed E-state index contributed by atoms with van der Waals surface area (Å²) < 4.78 is 24.7. The molecule has 6 nitrogen and oxygen atoms in total. The van der Waals surface area contributed by atoms with Gasteiger partial charge in [0.2, 0.25) is 0 Å². The van der Waals surface area contributed by atoms with E-state index in [1.165, 1.54) is 24.3 Å². The summed E-state index contributed by atoms with van der Waals surface area (Å²) in [5.74, 6) is -0.259. The van der Waals surface area contributed by atoms with Crippen LogP contribution in [0.2, 0.25) is 0 Å². The van der Waals surface area contributed by atoms with Crippen molar-refractivity contribution in [2.45, 2.75) is 34.9 Å². The van der Waals surface area contributed by atoms with Crippen LogP contribution in [0.4, 0.5) is 10.1 Å². The summed E-state index contributed by atoms with van der Waals surface area (Å²) in [6, 6.07) is 26.9. The van der Waals surface area contributed by atoms with Crippen LogP contribution in [0.15, 0.2) is 97.1 Å². The Bertz CT molecular complexity index is 1500. The summed E-state index contributed by atoms with van der Waals surface area (Å²) in [4.78, 5) is 21.0. The highest BCUT2D eigenvalue weighted by atomic mass is 32.2. The molecule has 0 aromatic heterocycles. The van der Waals surface area contributed by atoms with E-state index in [-0.39, 0.29) is 32.9 Å². The molecular weight excluding hydrogens is 568 g/mol. The van der Waals surface area contributed by atoms with Gasteiger partial charge in [0.15, 0.2) is 0 Å². The van der Waals surface area contributed by atoms with Crippen LogP contribution in [-0.2, 0) is 4.57 Å². The maximum Gasteiger partial charge on any atom is 0.356 e. The van der Waals surface area contributed by atoms with Gasteiger partial charge in [0, 0.05) is 16.5 Å². The molecule has 40 heavy (non-hydrogen) atoms. The number of anilines is 1. The quantitative estimate of drug-likeness (QED) is 0.119. The summed E-state index contributed by atoms with van der Waals surface area (Å²) in [7, 11) is -4.35. The van der Waals surface area contributed by atoms with E-state index < -0.39 is 13.7 Å². The van der Waals surface area contributed by atoms with Crippen molar-refractivity contribution in [3.63, 3.8) is 0 Å². The van der Waals surface area contributed by atoms with Gasteiger partial charge in [0.1, 0.15) is 16.3 Å². The zero-order chi connectivity index (χ0) is 28.4. The Morgan fingerprint density at radius 3 is 2.20 bits per heavy atom. The van der Waals surface area contributed by atoms with Gasteiger partial charge in [-0.1, -0.05) is 54.6 Å². The zero-order valence-corrected chi connectivity index (χ0v) is 23.9. The Labute approximate surface area is 242 Å². The lowest BCUT2D eigenvalue weighted by molar-refractivity contribution is 0.163. The van der Waals surface area contributed by atoms with Crippen LogP contribution in [0.1, 0.15) is 36.1 Å². The molecule has 0 bridgehead atoms. The maximum atomic E-state index is 13.4. The normalized spacial score (nSPS) is 20.0. The van der Waals surface area contributed by atoms with E-state index in [0.29, 0.717) is 35.1 Å². The molecule has 0 amide bonds. The first-order valence-corrected chi connectivity index (χ1v) is 15.8.